The molecule has 1 amide bonds. The highest BCUT2D eigenvalue weighted by atomic mass is 16.3. The van der Waals surface area contributed by atoms with E-state index >= 15 is 0 Å². The SMILES string of the molecule is CN(C(=O)CO)c1ccc(-c2ccccc2)cc1. The molecule has 0 radical (unpaired) electrons. The molecule has 0 spiro atoms. The Labute approximate surface area is 106 Å². The van der Waals surface area contributed by atoms with Crippen LogP contribution in [0, 0.1) is 0 Å². The van der Waals surface area contributed by atoms with Crippen LogP contribution in [0.25, 0.3) is 11.1 Å². The summed E-state index contributed by atoms with van der Waals surface area (Å²) >= 11 is 0. The van der Waals surface area contributed by atoms with Gasteiger partial charge in [-0.2, -0.15) is 0 Å². The quantitative estimate of drug-likeness (QED) is 0.895. The van der Waals surface area contributed by atoms with Gasteiger partial charge in [0, 0.05) is 12.7 Å². The maximum atomic E-state index is 11.3. The van der Waals surface area contributed by atoms with Crippen molar-refractivity contribution < 1.29 is 9.90 Å². The highest BCUT2D eigenvalue weighted by molar-refractivity contribution is 5.93. The molecule has 0 atom stereocenters. The summed E-state index contributed by atoms with van der Waals surface area (Å²) in [7, 11) is 1.65. The van der Waals surface area contributed by atoms with Gasteiger partial charge in [-0.05, 0) is 23.3 Å². The molecule has 0 bridgehead atoms. The maximum Gasteiger partial charge on any atom is 0.252 e. The molecule has 0 fully saturated rings. The summed E-state index contributed by atoms with van der Waals surface area (Å²) in [5, 5.41) is 8.81. The summed E-state index contributed by atoms with van der Waals surface area (Å²) < 4.78 is 0. The lowest BCUT2D eigenvalue weighted by atomic mass is 10.1. The van der Waals surface area contributed by atoms with Crippen LogP contribution in [0.15, 0.2) is 54.6 Å². The molecule has 0 aliphatic rings. The van der Waals surface area contributed by atoms with Gasteiger partial charge in [0.1, 0.15) is 6.61 Å². The van der Waals surface area contributed by atoms with Gasteiger partial charge in [-0.15, -0.1) is 0 Å². The number of benzene rings is 2. The number of carbonyl (C=O) groups is 1. The molecule has 0 saturated carbocycles. The van der Waals surface area contributed by atoms with Gasteiger partial charge in [0.15, 0.2) is 0 Å². The number of amides is 1. The standard InChI is InChI=1S/C15H15NO2/c1-16(15(18)11-17)14-9-7-13(8-10-14)12-5-3-2-4-6-12/h2-10,17H,11H2,1H3. The number of anilines is 1. The average Bonchev–Trinajstić information content (AvgIpc) is 2.47. The Balaban J connectivity index is 2.23. The largest absolute Gasteiger partial charge is 0.387 e. The predicted molar refractivity (Wildman–Crippen MR) is 72.4 cm³/mol. The molecular weight excluding hydrogens is 226 g/mol. The van der Waals surface area contributed by atoms with Crippen LogP contribution in [0.2, 0.25) is 0 Å². The van der Waals surface area contributed by atoms with E-state index in [0.717, 1.165) is 16.8 Å². The van der Waals surface area contributed by atoms with Gasteiger partial charge in [-0.25, -0.2) is 0 Å². The van der Waals surface area contributed by atoms with Gasteiger partial charge in [-0.1, -0.05) is 42.5 Å². The Morgan fingerprint density at radius 3 is 2.11 bits per heavy atom. The van der Waals surface area contributed by atoms with Gasteiger partial charge in [0.25, 0.3) is 5.91 Å². The number of likely N-dealkylation sites (N-methyl/N-ethyl adjacent to an activating group) is 1. The zero-order chi connectivity index (χ0) is 13.0. The maximum absolute atomic E-state index is 11.3. The summed E-state index contributed by atoms with van der Waals surface area (Å²) in [4.78, 5) is 12.8. The fourth-order valence-electron chi connectivity index (χ4n) is 1.76. The minimum atomic E-state index is -0.475. The normalized spacial score (nSPS) is 10.1. The zero-order valence-corrected chi connectivity index (χ0v) is 10.2. The first-order valence-corrected chi connectivity index (χ1v) is 5.75. The van der Waals surface area contributed by atoms with Crippen LogP contribution in [-0.2, 0) is 4.79 Å². The first-order chi connectivity index (χ1) is 8.72. The van der Waals surface area contributed by atoms with E-state index in [0.29, 0.717) is 0 Å². The molecule has 2 aromatic carbocycles. The highest BCUT2D eigenvalue weighted by Gasteiger charge is 2.08. The fraction of sp³-hybridized carbons (Fsp3) is 0.133. The lowest BCUT2D eigenvalue weighted by Crippen LogP contribution is -2.28. The van der Waals surface area contributed by atoms with Crippen LogP contribution in [0.4, 0.5) is 5.69 Å². The Hall–Kier alpha value is -2.13. The highest BCUT2D eigenvalue weighted by Crippen LogP contribution is 2.22. The van der Waals surface area contributed by atoms with Crippen molar-refractivity contribution in [2.45, 2.75) is 0 Å². The van der Waals surface area contributed by atoms with Crippen LogP contribution in [0.1, 0.15) is 0 Å². The first kappa shape index (κ1) is 12.3. The van der Waals surface area contributed by atoms with Crippen LogP contribution in [0.3, 0.4) is 0 Å². The molecule has 2 rings (SSSR count). The van der Waals surface area contributed by atoms with Gasteiger partial charge < -0.3 is 10.0 Å². The molecule has 2 aromatic rings. The van der Waals surface area contributed by atoms with Crippen molar-refractivity contribution in [3.8, 4) is 11.1 Å². The Bertz CT molecular complexity index is 520. The van der Waals surface area contributed by atoms with Gasteiger partial charge in [0.2, 0.25) is 0 Å². The van der Waals surface area contributed by atoms with Crippen molar-refractivity contribution >= 4 is 11.6 Å². The van der Waals surface area contributed by atoms with E-state index in [1.807, 2.05) is 54.6 Å². The molecule has 0 unspecified atom stereocenters. The minimum absolute atomic E-state index is 0.317. The second-order valence-corrected chi connectivity index (χ2v) is 4.02. The van der Waals surface area contributed by atoms with Crippen LogP contribution in [-0.4, -0.2) is 24.7 Å². The van der Waals surface area contributed by atoms with Crippen molar-refractivity contribution in [2.75, 3.05) is 18.6 Å². The van der Waals surface area contributed by atoms with Crippen molar-refractivity contribution in [2.24, 2.45) is 0 Å². The number of aliphatic hydroxyl groups excluding tert-OH is 1. The lowest BCUT2D eigenvalue weighted by molar-refractivity contribution is -0.120. The lowest BCUT2D eigenvalue weighted by Gasteiger charge is -2.16. The second-order valence-electron chi connectivity index (χ2n) is 4.02. The zero-order valence-electron chi connectivity index (χ0n) is 10.2. The van der Waals surface area contributed by atoms with Crippen LogP contribution >= 0.6 is 0 Å². The van der Waals surface area contributed by atoms with Crippen molar-refractivity contribution in [1.82, 2.24) is 0 Å². The Morgan fingerprint density at radius 2 is 1.56 bits per heavy atom. The number of carbonyl (C=O) groups excluding carboxylic acids is 1. The molecular formula is C15H15NO2. The molecule has 0 aliphatic carbocycles. The van der Waals surface area contributed by atoms with Gasteiger partial charge in [-0.3, -0.25) is 4.79 Å². The molecule has 0 heterocycles. The van der Waals surface area contributed by atoms with E-state index < -0.39 is 6.61 Å². The Kier molecular flexibility index (Phi) is 3.75. The van der Waals surface area contributed by atoms with Gasteiger partial charge in [0.05, 0.1) is 0 Å². The molecule has 0 aromatic heterocycles. The van der Waals surface area contributed by atoms with E-state index in [9.17, 15) is 4.79 Å². The molecule has 18 heavy (non-hydrogen) atoms. The van der Waals surface area contributed by atoms with Crippen LogP contribution in [0.5, 0.6) is 0 Å². The smallest absolute Gasteiger partial charge is 0.252 e. The fourth-order valence-corrected chi connectivity index (χ4v) is 1.76. The van der Waals surface area contributed by atoms with Gasteiger partial charge >= 0.3 is 0 Å². The van der Waals surface area contributed by atoms with E-state index in [2.05, 4.69) is 0 Å². The molecule has 1 N–H and O–H groups in total. The topological polar surface area (TPSA) is 40.5 Å². The van der Waals surface area contributed by atoms with E-state index in [1.54, 1.807) is 7.05 Å². The van der Waals surface area contributed by atoms with E-state index in [1.165, 1.54) is 4.90 Å². The number of aliphatic hydroxyl groups is 1. The monoisotopic (exact) mass is 241 g/mol. The summed E-state index contributed by atoms with van der Waals surface area (Å²) in [6, 6.07) is 17.7. The van der Waals surface area contributed by atoms with Crippen LogP contribution < -0.4 is 4.90 Å². The molecule has 92 valence electrons. The third-order valence-electron chi connectivity index (χ3n) is 2.87. The number of nitrogens with zero attached hydrogens (tertiary/aromatic N) is 1. The minimum Gasteiger partial charge on any atom is -0.387 e. The average molecular weight is 241 g/mol. The summed E-state index contributed by atoms with van der Waals surface area (Å²) in [5.41, 5.74) is 3.01. The van der Waals surface area contributed by atoms with E-state index in [4.69, 9.17) is 5.11 Å². The number of hydrogen-bond acceptors (Lipinski definition) is 2. The second kappa shape index (κ2) is 5.47. The van der Waals surface area contributed by atoms with Crippen molar-refractivity contribution in [3.05, 3.63) is 54.6 Å². The number of hydrogen-bond donors (Lipinski definition) is 1. The summed E-state index contributed by atoms with van der Waals surface area (Å²) in [6.45, 7) is -0.475. The third-order valence-corrected chi connectivity index (χ3v) is 2.87. The molecule has 3 heteroatoms. The van der Waals surface area contributed by atoms with E-state index in [-0.39, 0.29) is 5.91 Å². The third kappa shape index (κ3) is 2.57. The Morgan fingerprint density at radius 1 is 1.00 bits per heavy atom. The summed E-state index contributed by atoms with van der Waals surface area (Å²) in [5.74, 6) is -0.317. The first-order valence-electron chi connectivity index (χ1n) is 5.75. The molecule has 0 saturated heterocycles. The molecule has 3 nitrogen and oxygen atoms in total. The van der Waals surface area contributed by atoms with Crippen molar-refractivity contribution in [3.63, 3.8) is 0 Å². The summed E-state index contributed by atoms with van der Waals surface area (Å²) in [6.07, 6.45) is 0. The van der Waals surface area contributed by atoms with Crippen molar-refractivity contribution in [1.29, 1.82) is 0 Å². The number of rotatable bonds is 3. The predicted octanol–water partition coefficient (Wildman–Crippen LogP) is 2.31. The molecule has 0 aliphatic heterocycles.